The molecule has 0 aliphatic rings. The molecule has 0 aliphatic carbocycles. The van der Waals surface area contributed by atoms with E-state index in [9.17, 15) is 13.2 Å². The minimum atomic E-state index is -3.20. The molecule has 0 aliphatic heterocycles. The molecule has 2 rings (SSSR count). The van der Waals surface area contributed by atoms with Gasteiger partial charge in [-0.15, -0.1) is 0 Å². The molecule has 0 fully saturated rings. The van der Waals surface area contributed by atoms with Gasteiger partial charge in [0.05, 0.1) is 4.90 Å². The normalized spacial score (nSPS) is 11.1. The van der Waals surface area contributed by atoms with Crippen LogP contribution in [0, 0.1) is 0 Å². The molecule has 6 nitrogen and oxygen atoms in total. The van der Waals surface area contributed by atoms with Crippen molar-refractivity contribution in [1.82, 2.24) is 4.98 Å². The van der Waals surface area contributed by atoms with E-state index in [1.807, 2.05) is 0 Å². The van der Waals surface area contributed by atoms with Gasteiger partial charge in [-0.2, -0.15) is 0 Å². The summed E-state index contributed by atoms with van der Waals surface area (Å²) in [5.74, 6) is -1.09. The predicted molar refractivity (Wildman–Crippen MR) is 78.1 cm³/mol. The minimum absolute atomic E-state index is 0.0348. The van der Waals surface area contributed by atoms with E-state index in [1.165, 1.54) is 12.3 Å². The number of carboxylic acid groups (broad SMARTS) is 1. The molecular formula is C14H14N2O4S. The van der Waals surface area contributed by atoms with E-state index in [-0.39, 0.29) is 10.6 Å². The molecule has 1 heterocycles. The molecule has 2 N–H and O–H groups in total. The number of nitrogens with one attached hydrogen (secondary N) is 1. The molecule has 0 radical (unpaired) electrons. The minimum Gasteiger partial charge on any atom is -0.477 e. The van der Waals surface area contributed by atoms with Crippen molar-refractivity contribution in [3.05, 3.63) is 53.9 Å². The first-order valence-electron chi connectivity index (χ1n) is 6.08. The maximum Gasteiger partial charge on any atom is 0.354 e. The van der Waals surface area contributed by atoms with Crippen molar-refractivity contribution in [2.45, 2.75) is 11.4 Å². The SMILES string of the molecule is CS(=O)(=O)c1ccc(CNc2ccnc(C(=O)O)c2)cc1. The Kier molecular flexibility index (Phi) is 4.23. The standard InChI is InChI=1S/C14H14N2O4S/c1-21(19,20)12-4-2-10(3-5-12)9-16-11-6-7-15-13(8-11)14(17)18/h2-8H,9H2,1H3,(H,15,16)(H,17,18). The second-order valence-corrected chi connectivity index (χ2v) is 6.52. The lowest BCUT2D eigenvalue weighted by Crippen LogP contribution is -2.04. The van der Waals surface area contributed by atoms with Crippen molar-refractivity contribution >= 4 is 21.5 Å². The largest absolute Gasteiger partial charge is 0.477 e. The van der Waals surface area contributed by atoms with Crippen LogP contribution < -0.4 is 5.32 Å². The molecule has 0 atom stereocenters. The molecule has 0 unspecified atom stereocenters. The van der Waals surface area contributed by atoms with Crippen LogP contribution in [0.3, 0.4) is 0 Å². The van der Waals surface area contributed by atoms with Gasteiger partial charge in [0.15, 0.2) is 9.84 Å². The Morgan fingerprint density at radius 3 is 2.48 bits per heavy atom. The Hall–Kier alpha value is -2.41. The number of benzene rings is 1. The molecule has 2 aromatic rings. The quantitative estimate of drug-likeness (QED) is 0.874. The van der Waals surface area contributed by atoms with E-state index in [0.717, 1.165) is 11.8 Å². The molecule has 1 aromatic heterocycles. The molecule has 0 amide bonds. The maximum atomic E-state index is 11.3. The van der Waals surface area contributed by atoms with Gasteiger partial charge in [0.2, 0.25) is 0 Å². The molecule has 110 valence electrons. The zero-order valence-electron chi connectivity index (χ0n) is 11.3. The number of carboxylic acids is 1. The highest BCUT2D eigenvalue weighted by Gasteiger charge is 2.07. The van der Waals surface area contributed by atoms with E-state index in [4.69, 9.17) is 5.11 Å². The Balaban J connectivity index is 2.06. The average Bonchev–Trinajstić information content (AvgIpc) is 2.45. The summed E-state index contributed by atoms with van der Waals surface area (Å²) in [7, 11) is -3.20. The number of nitrogens with zero attached hydrogens (tertiary/aromatic N) is 1. The smallest absolute Gasteiger partial charge is 0.354 e. The molecule has 0 saturated carbocycles. The molecule has 0 bridgehead atoms. The van der Waals surface area contributed by atoms with Gasteiger partial charge in [0.25, 0.3) is 0 Å². The molecule has 21 heavy (non-hydrogen) atoms. The van der Waals surface area contributed by atoms with Crippen molar-refractivity contribution < 1.29 is 18.3 Å². The van der Waals surface area contributed by atoms with Gasteiger partial charge in [-0.05, 0) is 29.8 Å². The highest BCUT2D eigenvalue weighted by atomic mass is 32.2. The van der Waals surface area contributed by atoms with Crippen LogP contribution in [0.1, 0.15) is 16.1 Å². The van der Waals surface area contributed by atoms with Crippen LogP contribution in [0.25, 0.3) is 0 Å². The number of aromatic nitrogens is 1. The zero-order chi connectivity index (χ0) is 15.5. The first kappa shape index (κ1) is 15.0. The highest BCUT2D eigenvalue weighted by molar-refractivity contribution is 7.90. The topological polar surface area (TPSA) is 96.4 Å². The third-order valence-electron chi connectivity index (χ3n) is 2.83. The summed E-state index contributed by atoms with van der Waals surface area (Å²) < 4.78 is 22.7. The van der Waals surface area contributed by atoms with Crippen LogP contribution in [0.15, 0.2) is 47.5 Å². The van der Waals surface area contributed by atoms with Gasteiger partial charge in [-0.3, -0.25) is 0 Å². The maximum absolute atomic E-state index is 11.3. The number of aromatic carboxylic acids is 1. The Labute approximate surface area is 122 Å². The van der Waals surface area contributed by atoms with Crippen molar-refractivity contribution in [3.63, 3.8) is 0 Å². The van der Waals surface area contributed by atoms with Crippen molar-refractivity contribution in [2.24, 2.45) is 0 Å². The van der Waals surface area contributed by atoms with Crippen LogP contribution in [0.5, 0.6) is 0 Å². The van der Waals surface area contributed by atoms with E-state index >= 15 is 0 Å². The van der Waals surface area contributed by atoms with Crippen molar-refractivity contribution in [3.8, 4) is 0 Å². The summed E-state index contributed by atoms with van der Waals surface area (Å²) in [6, 6.07) is 9.61. The fraction of sp³-hybridized carbons (Fsp3) is 0.143. The summed E-state index contributed by atoms with van der Waals surface area (Å²) >= 11 is 0. The lowest BCUT2D eigenvalue weighted by Gasteiger charge is -2.07. The van der Waals surface area contributed by atoms with Crippen LogP contribution in [-0.4, -0.2) is 30.7 Å². The molecule has 0 saturated heterocycles. The molecular weight excluding hydrogens is 292 g/mol. The molecule has 0 spiro atoms. The second kappa shape index (κ2) is 5.92. The Morgan fingerprint density at radius 2 is 1.90 bits per heavy atom. The third-order valence-corrected chi connectivity index (χ3v) is 3.96. The van der Waals surface area contributed by atoms with Gasteiger partial charge in [-0.25, -0.2) is 18.2 Å². The summed E-state index contributed by atoms with van der Waals surface area (Å²) in [5.41, 5.74) is 1.48. The molecule has 7 heteroatoms. The number of hydrogen-bond acceptors (Lipinski definition) is 5. The average molecular weight is 306 g/mol. The first-order valence-corrected chi connectivity index (χ1v) is 7.97. The van der Waals surface area contributed by atoms with Crippen LogP contribution in [-0.2, 0) is 16.4 Å². The number of rotatable bonds is 5. The second-order valence-electron chi connectivity index (χ2n) is 4.50. The highest BCUT2D eigenvalue weighted by Crippen LogP contribution is 2.13. The number of pyridine rings is 1. The van der Waals surface area contributed by atoms with E-state index in [1.54, 1.807) is 30.3 Å². The van der Waals surface area contributed by atoms with Crippen LogP contribution >= 0.6 is 0 Å². The van der Waals surface area contributed by atoms with Crippen molar-refractivity contribution in [2.75, 3.05) is 11.6 Å². The fourth-order valence-electron chi connectivity index (χ4n) is 1.72. The monoisotopic (exact) mass is 306 g/mol. The van der Waals surface area contributed by atoms with Gasteiger partial charge < -0.3 is 10.4 Å². The zero-order valence-corrected chi connectivity index (χ0v) is 12.1. The summed E-state index contributed by atoms with van der Waals surface area (Å²) in [6.07, 6.45) is 2.57. The van der Waals surface area contributed by atoms with Gasteiger partial charge in [0, 0.05) is 24.7 Å². The number of carbonyl (C=O) groups is 1. The van der Waals surface area contributed by atoms with Gasteiger partial charge >= 0.3 is 5.97 Å². The summed E-state index contributed by atoms with van der Waals surface area (Å²) in [6.45, 7) is 0.452. The number of hydrogen-bond donors (Lipinski definition) is 2. The Morgan fingerprint density at radius 1 is 1.24 bits per heavy atom. The fourth-order valence-corrected chi connectivity index (χ4v) is 2.35. The van der Waals surface area contributed by atoms with Crippen LogP contribution in [0.2, 0.25) is 0 Å². The summed E-state index contributed by atoms with van der Waals surface area (Å²) in [5, 5.41) is 11.9. The lowest BCUT2D eigenvalue weighted by atomic mass is 10.2. The first-order chi connectivity index (χ1) is 9.86. The number of sulfone groups is 1. The lowest BCUT2D eigenvalue weighted by molar-refractivity contribution is 0.0690. The van der Waals surface area contributed by atoms with Crippen molar-refractivity contribution in [1.29, 1.82) is 0 Å². The van der Waals surface area contributed by atoms with Gasteiger partial charge in [0.1, 0.15) is 5.69 Å². The molecule has 1 aromatic carbocycles. The van der Waals surface area contributed by atoms with E-state index in [0.29, 0.717) is 12.2 Å². The summed E-state index contributed by atoms with van der Waals surface area (Å²) in [4.78, 5) is 14.8. The third kappa shape index (κ3) is 4.03. The van der Waals surface area contributed by atoms with E-state index < -0.39 is 15.8 Å². The van der Waals surface area contributed by atoms with Crippen LogP contribution in [0.4, 0.5) is 5.69 Å². The number of anilines is 1. The van der Waals surface area contributed by atoms with E-state index in [2.05, 4.69) is 10.3 Å². The Bertz CT molecular complexity index is 755. The predicted octanol–water partition coefficient (Wildman–Crippen LogP) is 1.80. The van der Waals surface area contributed by atoms with Gasteiger partial charge in [-0.1, -0.05) is 12.1 Å².